The highest BCUT2D eigenvalue weighted by atomic mass is 35.5. The van der Waals surface area contributed by atoms with Crippen LogP contribution in [0, 0.1) is 5.41 Å². The minimum absolute atomic E-state index is 0.493. The van der Waals surface area contributed by atoms with Crippen LogP contribution in [-0.2, 0) is 0 Å². The highest BCUT2D eigenvalue weighted by molar-refractivity contribution is 6.31. The third-order valence-corrected chi connectivity index (χ3v) is 4.59. The van der Waals surface area contributed by atoms with Crippen LogP contribution in [0.5, 0.6) is 0 Å². The number of aromatic nitrogens is 1. The van der Waals surface area contributed by atoms with Crippen LogP contribution in [0.1, 0.15) is 39.5 Å². The molecule has 106 valence electrons. The van der Waals surface area contributed by atoms with Gasteiger partial charge in [0.25, 0.3) is 0 Å². The van der Waals surface area contributed by atoms with E-state index in [0.29, 0.717) is 11.5 Å². The highest BCUT2D eigenvalue weighted by Gasteiger charge is 2.26. The van der Waals surface area contributed by atoms with Crippen molar-refractivity contribution < 1.29 is 0 Å². The monoisotopic (exact) mass is 288 g/mol. The van der Waals surface area contributed by atoms with Crippen molar-refractivity contribution in [2.24, 2.45) is 5.41 Å². The first-order valence-electron chi connectivity index (χ1n) is 7.34. The van der Waals surface area contributed by atoms with E-state index >= 15 is 0 Å². The van der Waals surface area contributed by atoms with Gasteiger partial charge in [0.2, 0.25) is 0 Å². The summed E-state index contributed by atoms with van der Waals surface area (Å²) in [7, 11) is 0. The summed E-state index contributed by atoms with van der Waals surface area (Å²) < 4.78 is 0. The first kappa shape index (κ1) is 13.7. The summed E-state index contributed by atoms with van der Waals surface area (Å²) in [5.41, 5.74) is 2.58. The Morgan fingerprint density at radius 2 is 2.00 bits per heavy atom. The van der Waals surface area contributed by atoms with Crippen molar-refractivity contribution in [2.75, 3.05) is 5.32 Å². The standard InChI is InChI=1S/C17H21ClN2/c1-17(2)7-5-14(6-8-17)20-15-11-13(18)10-12-4-3-9-19-16(12)15/h3-4,9-11,14,20H,5-8H2,1-2H3. The van der Waals surface area contributed by atoms with Gasteiger partial charge in [-0.2, -0.15) is 0 Å². The van der Waals surface area contributed by atoms with Crippen LogP contribution in [-0.4, -0.2) is 11.0 Å². The summed E-state index contributed by atoms with van der Waals surface area (Å²) in [5.74, 6) is 0. The topological polar surface area (TPSA) is 24.9 Å². The van der Waals surface area contributed by atoms with E-state index in [1.807, 2.05) is 24.4 Å². The molecule has 1 heterocycles. The minimum atomic E-state index is 0.493. The first-order chi connectivity index (χ1) is 9.53. The summed E-state index contributed by atoms with van der Waals surface area (Å²) in [4.78, 5) is 4.50. The maximum Gasteiger partial charge on any atom is 0.0934 e. The van der Waals surface area contributed by atoms with Crippen molar-refractivity contribution in [3.8, 4) is 0 Å². The SMILES string of the molecule is CC1(C)CCC(Nc2cc(Cl)cc3cccnc23)CC1. The predicted octanol–water partition coefficient (Wildman–Crippen LogP) is 5.27. The lowest BCUT2D eigenvalue weighted by Crippen LogP contribution is -2.29. The molecule has 0 radical (unpaired) electrons. The van der Waals surface area contributed by atoms with Gasteiger partial charge in [-0.1, -0.05) is 31.5 Å². The minimum Gasteiger partial charge on any atom is -0.381 e. The maximum atomic E-state index is 6.22. The van der Waals surface area contributed by atoms with Crippen molar-refractivity contribution >= 4 is 28.2 Å². The van der Waals surface area contributed by atoms with Crippen molar-refractivity contribution in [3.63, 3.8) is 0 Å². The van der Waals surface area contributed by atoms with Gasteiger partial charge in [-0.3, -0.25) is 4.98 Å². The number of pyridine rings is 1. The van der Waals surface area contributed by atoms with Gasteiger partial charge in [-0.05, 0) is 49.3 Å². The van der Waals surface area contributed by atoms with E-state index < -0.39 is 0 Å². The van der Waals surface area contributed by atoms with Crippen molar-refractivity contribution in [3.05, 3.63) is 35.5 Å². The van der Waals surface area contributed by atoms with Crippen molar-refractivity contribution in [1.82, 2.24) is 4.98 Å². The molecule has 1 aliphatic carbocycles. The molecular weight excluding hydrogens is 268 g/mol. The van der Waals surface area contributed by atoms with Crippen LogP contribution in [0.15, 0.2) is 30.5 Å². The smallest absolute Gasteiger partial charge is 0.0934 e. The van der Waals surface area contributed by atoms with Gasteiger partial charge in [-0.25, -0.2) is 0 Å². The summed E-state index contributed by atoms with van der Waals surface area (Å²) in [6.07, 6.45) is 6.82. The molecule has 2 nitrogen and oxygen atoms in total. The van der Waals surface area contributed by atoms with Gasteiger partial charge in [0, 0.05) is 22.6 Å². The molecule has 1 aliphatic rings. The molecule has 0 spiro atoms. The summed E-state index contributed by atoms with van der Waals surface area (Å²) in [5, 5.41) is 5.52. The van der Waals surface area contributed by atoms with E-state index in [9.17, 15) is 0 Å². The second-order valence-electron chi connectivity index (χ2n) is 6.61. The van der Waals surface area contributed by atoms with Crippen LogP contribution in [0.3, 0.4) is 0 Å². The van der Waals surface area contributed by atoms with Gasteiger partial charge >= 0.3 is 0 Å². The summed E-state index contributed by atoms with van der Waals surface area (Å²) >= 11 is 6.22. The lowest BCUT2D eigenvalue weighted by atomic mass is 9.75. The average molecular weight is 289 g/mol. The Hall–Kier alpha value is -1.28. The predicted molar refractivity (Wildman–Crippen MR) is 86.4 cm³/mol. The molecule has 0 bridgehead atoms. The summed E-state index contributed by atoms with van der Waals surface area (Å²) in [6.45, 7) is 4.72. The number of rotatable bonds is 2. The Morgan fingerprint density at radius 1 is 1.25 bits per heavy atom. The molecule has 20 heavy (non-hydrogen) atoms. The molecule has 0 atom stereocenters. The van der Waals surface area contributed by atoms with Gasteiger partial charge < -0.3 is 5.32 Å². The molecular formula is C17H21ClN2. The lowest BCUT2D eigenvalue weighted by molar-refractivity contribution is 0.232. The number of fused-ring (bicyclic) bond motifs is 1. The van der Waals surface area contributed by atoms with Gasteiger partial charge in [0.05, 0.1) is 11.2 Å². The second-order valence-corrected chi connectivity index (χ2v) is 7.05. The molecule has 1 fully saturated rings. The molecule has 1 N–H and O–H groups in total. The quantitative estimate of drug-likeness (QED) is 0.814. The Kier molecular flexibility index (Phi) is 3.59. The fraction of sp³-hybridized carbons (Fsp3) is 0.471. The zero-order chi connectivity index (χ0) is 14.2. The molecule has 0 unspecified atom stereocenters. The largest absolute Gasteiger partial charge is 0.381 e. The molecule has 1 saturated carbocycles. The number of nitrogens with zero attached hydrogens (tertiary/aromatic N) is 1. The molecule has 1 aromatic carbocycles. The normalized spacial score (nSPS) is 19.1. The van der Waals surface area contributed by atoms with Gasteiger partial charge in [0.15, 0.2) is 0 Å². The zero-order valence-corrected chi connectivity index (χ0v) is 12.9. The summed E-state index contributed by atoms with van der Waals surface area (Å²) in [6, 6.07) is 8.51. The highest BCUT2D eigenvalue weighted by Crippen LogP contribution is 2.37. The van der Waals surface area contributed by atoms with Crippen molar-refractivity contribution in [1.29, 1.82) is 0 Å². The van der Waals surface area contributed by atoms with Crippen LogP contribution in [0.2, 0.25) is 5.02 Å². The molecule has 3 rings (SSSR count). The van der Waals surface area contributed by atoms with E-state index in [2.05, 4.69) is 30.2 Å². The number of hydrogen-bond donors (Lipinski definition) is 1. The van der Waals surface area contributed by atoms with Crippen LogP contribution in [0.4, 0.5) is 5.69 Å². The third kappa shape index (κ3) is 2.90. The van der Waals surface area contributed by atoms with E-state index in [1.165, 1.54) is 25.7 Å². The molecule has 3 heteroatoms. The fourth-order valence-corrected chi connectivity index (χ4v) is 3.26. The Balaban J connectivity index is 1.84. The number of benzene rings is 1. The van der Waals surface area contributed by atoms with Crippen LogP contribution in [0.25, 0.3) is 10.9 Å². The van der Waals surface area contributed by atoms with Crippen LogP contribution < -0.4 is 5.32 Å². The number of hydrogen-bond acceptors (Lipinski definition) is 2. The maximum absolute atomic E-state index is 6.22. The van der Waals surface area contributed by atoms with Gasteiger partial charge in [0.1, 0.15) is 0 Å². The van der Waals surface area contributed by atoms with E-state index in [0.717, 1.165) is 21.6 Å². The Morgan fingerprint density at radius 3 is 2.75 bits per heavy atom. The molecule has 0 saturated heterocycles. The average Bonchev–Trinajstić information content (AvgIpc) is 2.41. The zero-order valence-electron chi connectivity index (χ0n) is 12.1. The molecule has 0 amide bonds. The first-order valence-corrected chi connectivity index (χ1v) is 7.72. The number of halogens is 1. The van der Waals surface area contributed by atoms with Crippen LogP contribution >= 0.6 is 11.6 Å². The third-order valence-electron chi connectivity index (χ3n) is 4.37. The van der Waals surface area contributed by atoms with Crippen molar-refractivity contribution in [2.45, 2.75) is 45.6 Å². The van der Waals surface area contributed by atoms with E-state index in [1.54, 1.807) is 0 Å². The Bertz CT molecular complexity index is 611. The fourth-order valence-electron chi connectivity index (χ4n) is 3.03. The molecule has 1 aromatic heterocycles. The van der Waals surface area contributed by atoms with Gasteiger partial charge in [-0.15, -0.1) is 0 Å². The lowest BCUT2D eigenvalue weighted by Gasteiger charge is -2.35. The van der Waals surface area contributed by atoms with E-state index in [4.69, 9.17) is 11.6 Å². The molecule has 2 aromatic rings. The number of nitrogens with one attached hydrogen (secondary N) is 1. The molecule has 0 aliphatic heterocycles. The second kappa shape index (κ2) is 5.25. The van der Waals surface area contributed by atoms with E-state index in [-0.39, 0.29) is 0 Å². The number of anilines is 1. The Labute approximate surface area is 125 Å².